The van der Waals surface area contributed by atoms with Gasteiger partial charge in [-0.25, -0.2) is 9.37 Å². The van der Waals surface area contributed by atoms with Gasteiger partial charge in [0.05, 0.1) is 34.4 Å². The first-order valence-electron chi connectivity index (χ1n) is 15.0. The standard InChI is InChI=1S/C36H34FIN4O5/c1-6-46-31-14-22(4)28(18-27(31)21(2)3)35-41-30-13-8-7-12-26(30)36(44)42(35)39-19-23-15-29(38)34(32(16-23)45-5)47-20-33(43)40-25-11-9-10-24(37)17-25/h7-19,21H,6,20H2,1-5H3,(H,40,43). The minimum absolute atomic E-state index is 0.169. The van der Waals surface area contributed by atoms with E-state index in [1.54, 1.807) is 36.5 Å². The number of aromatic nitrogens is 2. The molecular formula is C36H34FIN4O5. The number of rotatable bonds is 11. The molecule has 0 saturated heterocycles. The monoisotopic (exact) mass is 748 g/mol. The predicted molar refractivity (Wildman–Crippen MR) is 191 cm³/mol. The Hall–Kier alpha value is -4.78. The average Bonchev–Trinajstić information content (AvgIpc) is 3.03. The van der Waals surface area contributed by atoms with Crippen molar-refractivity contribution in [2.45, 2.75) is 33.6 Å². The highest BCUT2D eigenvalue weighted by Crippen LogP contribution is 2.35. The van der Waals surface area contributed by atoms with Gasteiger partial charge in [-0.15, -0.1) is 0 Å². The van der Waals surface area contributed by atoms with E-state index in [1.807, 2.05) is 38.1 Å². The van der Waals surface area contributed by atoms with Crippen LogP contribution in [0.5, 0.6) is 17.2 Å². The molecule has 0 radical (unpaired) electrons. The van der Waals surface area contributed by atoms with Gasteiger partial charge in [0.25, 0.3) is 11.5 Å². The van der Waals surface area contributed by atoms with E-state index < -0.39 is 11.7 Å². The number of benzene rings is 4. The number of nitrogens with zero attached hydrogens (tertiary/aromatic N) is 3. The minimum atomic E-state index is -0.458. The highest BCUT2D eigenvalue weighted by molar-refractivity contribution is 14.1. The molecule has 0 spiro atoms. The van der Waals surface area contributed by atoms with Gasteiger partial charge in [-0.05, 0) is 114 Å². The first kappa shape index (κ1) is 33.6. The summed E-state index contributed by atoms with van der Waals surface area (Å²) in [5.74, 6) is 1.18. The van der Waals surface area contributed by atoms with Gasteiger partial charge < -0.3 is 19.5 Å². The number of hydrogen-bond donors (Lipinski definition) is 1. The van der Waals surface area contributed by atoms with E-state index in [1.165, 1.54) is 30.0 Å². The number of methoxy groups -OCH3 is 1. The van der Waals surface area contributed by atoms with Crippen LogP contribution in [0.1, 0.15) is 43.4 Å². The van der Waals surface area contributed by atoms with Gasteiger partial charge in [0.1, 0.15) is 11.6 Å². The number of para-hydroxylation sites is 1. The van der Waals surface area contributed by atoms with Gasteiger partial charge in [-0.2, -0.15) is 9.78 Å². The lowest BCUT2D eigenvalue weighted by Gasteiger charge is -2.18. The summed E-state index contributed by atoms with van der Waals surface area (Å²) in [6.45, 7) is 8.31. The van der Waals surface area contributed by atoms with Crippen LogP contribution < -0.4 is 25.1 Å². The van der Waals surface area contributed by atoms with Crippen molar-refractivity contribution in [2.24, 2.45) is 5.10 Å². The van der Waals surface area contributed by atoms with Crippen molar-refractivity contribution in [3.63, 3.8) is 0 Å². The van der Waals surface area contributed by atoms with Crippen LogP contribution >= 0.6 is 22.6 Å². The molecule has 1 amide bonds. The predicted octanol–water partition coefficient (Wildman–Crippen LogP) is 7.55. The molecule has 0 saturated carbocycles. The fourth-order valence-corrected chi connectivity index (χ4v) is 5.84. The normalized spacial score (nSPS) is 11.3. The number of amides is 1. The maximum absolute atomic E-state index is 13.9. The maximum Gasteiger partial charge on any atom is 0.282 e. The molecule has 1 N–H and O–H groups in total. The zero-order valence-corrected chi connectivity index (χ0v) is 28.8. The Morgan fingerprint density at radius 1 is 1.06 bits per heavy atom. The number of anilines is 1. The van der Waals surface area contributed by atoms with Crippen LogP contribution in [0.2, 0.25) is 0 Å². The van der Waals surface area contributed by atoms with Gasteiger partial charge in [0.15, 0.2) is 23.9 Å². The number of nitrogens with one attached hydrogen (secondary N) is 1. The average molecular weight is 749 g/mol. The van der Waals surface area contributed by atoms with Crippen molar-refractivity contribution in [2.75, 3.05) is 25.6 Å². The van der Waals surface area contributed by atoms with E-state index in [0.717, 1.165) is 22.4 Å². The lowest BCUT2D eigenvalue weighted by molar-refractivity contribution is -0.118. The minimum Gasteiger partial charge on any atom is -0.494 e. The molecule has 11 heteroatoms. The van der Waals surface area contributed by atoms with E-state index >= 15 is 0 Å². The van der Waals surface area contributed by atoms with Crippen LogP contribution in [-0.4, -0.2) is 42.1 Å². The Morgan fingerprint density at radius 2 is 1.85 bits per heavy atom. The Morgan fingerprint density at radius 3 is 2.57 bits per heavy atom. The molecule has 1 heterocycles. The summed E-state index contributed by atoms with van der Waals surface area (Å²) >= 11 is 2.08. The molecule has 0 aliphatic rings. The Balaban J connectivity index is 1.51. The summed E-state index contributed by atoms with van der Waals surface area (Å²) in [5, 5.41) is 7.69. The SMILES string of the molecule is CCOc1cc(C)c(-c2nc3ccccc3c(=O)n2N=Cc2cc(I)c(OCC(=O)Nc3cccc(F)c3)c(OC)c2)cc1C(C)C. The fourth-order valence-electron chi connectivity index (χ4n) is 5.06. The number of carbonyl (C=O) groups is 1. The zero-order chi connectivity index (χ0) is 33.7. The van der Waals surface area contributed by atoms with E-state index in [0.29, 0.717) is 49.7 Å². The van der Waals surface area contributed by atoms with Crippen molar-refractivity contribution in [1.82, 2.24) is 9.66 Å². The molecule has 1 aromatic heterocycles. The Labute approximate surface area is 285 Å². The largest absolute Gasteiger partial charge is 0.494 e. The number of aryl methyl sites for hydroxylation is 1. The molecule has 0 bridgehead atoms. The van der Waals surface area contributed by atoms with Gasteiger partial charge in [0.2, 0.25) is 0 Å². The van der Waals surface area contributed by atoms with Gasteiger partial charge in [-0.3, -0.25) is 9.59 Å². The van der Waals surface area contributed by atoms with Crippen molar-refractivity contribution < 1.29 is 23.4 Å². The first-order chi connectivity index (χ1) is 22.6. The second-order valence-electron chi connectivity index (χ2n) is 11.0. The summed E-state index contributed by atoms with van der Waals surface area (Å²) in [6.07, 6.45) is 1.56. The third-order valence-corrected chi connectivity index (χ3v) is 8.10. The summed E-state index contributed by atoms with van der Waals surface area (Å²) in [6, 6.07) is 20.3. The topological polar surface area (TPSA) is 104 Å². The second-order valence-corrected chi connectivity index (χ2v) is 12.2. The highest BCUT2D eigenvalue weighted by atomic mass is 127. The molecule has 47 heavy (non-hydrogen) atoms. The number of hydrogen-bond acceptors (Lipinski definition) is 7. The third kappa shape index (κ3) is 7.62. The smallest absolute Gasteiger partial charge is 0.282 e. The van der Waals surface area contributed by atoms with Gasteiger partial charge in [0, 0.05) is 11.3 Å². The molecule has 0 fully saturated rings. The van der Waals surface area contributed by atoms with Crippen molar-refractivity contribution in [1.29, 1.82) is 0 Å². The second kappa shape index (κ2) is 14.8. The quantitative estimate of drug-likeness (QED) is 0.111. The Kier molecular flexibility index (Phi) is 10.5. The summed E-state index contributed by atoms with van der Waals surface area (Å²) in [4.78, 5) is 31.2. The molecule has 9 nitrogen and oxygen atoms in total. The van der Waals surface area contributed by atoms with Crippen LogP contribution in [0, 0.1) is 16.3 Å². The molecule has 0 atom stereocenters. The van der Waals surface area contributed by atoms with E-state index in [2.05, 4.69) is 46.9 Å². The maximum atomic E-state index is 13.9. The van der Waals surface area contributed by atoms with Crippen LogP contribution in [-0.2, 0) is 4.79 Å². The van der Waals surface area contributed by atoms with E-state index in [-0.39, 0.29) is 18.1 Å². The fraction of sp³-hybridized carbons (Fsp3) is 0.222. The number of carbonyl (C=O) groups excluding carboxylic acids is 1. The lowest BCUT2D eigenvalue weighted by Crippen LogP contribution is -2.21. The van der Waals surface area contributed by atoms with E-state index in [4.69, 9.17) is 19.2 Å². The Bertz CT molecular complexity index is 2040. The zero-order valence-electron chi connectivity index (χ0n) is 26.6. The molecule has 5 rings (SSSR count). The summed E-state index contributed by atoms with van der Waals surface area (Å²) in [7, 11) is 1.49. The molecule has 0 aliphatic carbocycles. The molecule has 0 unspecified atom stereocenters. The van der Waals surface area contributed by atoms with Crippen LogP contribution in [0.25, 0.3) is 22.3 Å². The number of fused-ring (bicyclic) bond motifs is 1. The van der Waals surface area contributed by atoms with Gasteiger partial charge in [-0.1, -0.05) is 32.0 Å². The van der Waals surface area contributed by atoms with Crippen LogP contribution in [0.3, 0.4) is 0 Å². The summed E-state index contributed by atoms with van der Waals surface area (Å²) < 4.78 is 32.8. The third-order valence-electron chi connectivity index (χ3n) is 7.30. The number of halogens is 2. The van der Waals surface area contributed by atoms with Crippen molar-refractivity contribution >= 4 is 51.3 Å². The van der Waals surface area contributed by atoms with Crippen LogP contribution in [0.15, 0.2) is 82.7 Å². The molecule has 4 aromatic carbocycles. The number of ether oxygens (including phenoxy) is 3. The van der Waals surface area contributed by atoms with Crippen LogP contribution in [0.4, 0.5) is 10.1 Å². The van der Waals surface area contributed by atoms with Crippen molar-refractivity contribution in [3.8, 4) is 28.6 Å². The molecule has 0 aliphatic heterocycles. The molecule has 242 valence electrons. The highest BCUT2D eigenvalue weighted by Gasteiger charge is 2.19. The molecular weight excluding hydrogens is 714 g/mol. The van der Waals surface area contributed by atoms with Gasteiger partial charge >= 0.3 is 0 Å². The molecule has 5 aromatic rings. The van der Waals surface area contributed by atoms with E-state index in [9.17, 15) is 14.0 Å². The van der Waals surface area contributed by atoms with Crippen molar-refractivity contribution in [3.05, 3.63) is 109 Å². The first-order valence-corrected chi connectivity index (χ1v) is 16.1. The summed E-state index contributed by atoms with van der Waals surface area (Å²) in [5.41, 5.74) is 3.87. The lowest BCUT2D eigenvalue weighted by atomic mass is 9.96.